The molecule has 0 aliphatic heterocycles. The van der Waals surface area contributed by atoms with Crippen molar-refractivity contribution in [3.05, 3.63) is 0 Å². The van der Waals surface area contributed by atoms with Crippen LogP contribution >= 0.6 is 0 Å². The summed E-state index contributed by atoms with van der Waals surface area (Å²) < 4.78 is 0. The van der Waals surface area contributed by atoms with Gasteiger partial charge in [-0.15, -0.1) is 0 Å². The van der Waals surface area contributed by atoms with Crippen molar-refractivity contribution in [2.45, 2.75) is 71.4 Å². The maximum atomic E-state index is 5.81. The van der Waals surface area contributed by atoms with Crippen LogP contribution in [0.25, 0.3) is 0 Å². The number of nitrogens with two attached hydrogens (primary N) is 1. The minimum atomic E-state index is 0.188. The quantitative estimate of drug-likeness (QED) is 0.481. The van der Waals surface area contributed by atoms with Gasteiger partial charge >= 0.3 is 0 Å². The Morgan fingerprint density at radius 1 is 1.29 bits per heavy atom. The van der Waals surface area contributed by atoms with Crippen molar-refractivity contribution in [3.63, 3.8) is 0 Å². The molecule has 102 valence electrons. The van der Waals surface area contributed by atoms with E-state index in [9.17, 15) is 0 Å². The molecule has 0 amide bonds. The average molecular weight is 241 g/mol. The fraction of sp³-hybridized carbons (Fsp3) is 1.00. The summed E-state index contributed by atoms with van der Waals surface area (Å²) in [6.45, 7) is 11.3. The summed E-state index contributed by atoms with van der Waals surface area (Å²) in [6.07, 6.45) is 6.57. The Kier molecular flexibility index (Phi) is 5.90. The first-order chi connectivity index (χ1) is 8.12. The highest BCUT2D eigenvalue weighted by molar-refractivity contribution is 4.95. The molecule has 17 heavy (non-hydrogen) atoms. The van der Waals surface area contributed by atoms with Crippen molar-refractivity contribution in [2.75, 3.05) is 13.1 Å². The van der Waals surface area contributed by atoms with Crippen LogP contribution in [0.4, 0.5) is 0 Å². The molecule has 0 radical (unpaired) electrons. The van der Waals surface area contributed by atoms with Crippen molar-refractivity contribution in [1.29, 1.82) is 0 Å². The van der Waals surface area contributed by atoms with Gasteiger partial charge in [-0.2, -0.15) is 0 Å². The van der Waals surface area contributed by atoms with E-state index in [-0.39, 0.29) is 5.54 Å². The number of hydrogen-bond acceptors (Lipinski definition) is 3. The monoisotopic (exact) mass is 241 g/mol. The van der Waals surface area contributed by atoms with Crippen LogP contribution in [0.15, 0.2) is 0 Å². The van der Waals surface area contributed by atoms with Gasteiger partial charge in [0.25, 0.3) is 0 Å². The molecule has 0 spiro atoms. The lowest BCUT2D eigenvalue weighted by Crippen LogP contribution is -2.60. The number of rotatable bonds is 9. The summed E-state index contributed by atoms with van der Waals surface area (Å²) in [5.41, 5.74) is 3.27. The van der Waals surface area contributed by atoms with Gasteiger partial charge in [0.1, 0.15) is 0 Å². The Morgan fingerprint density at radius 2 is 1.88 bits per heavy atom. The standard InChI is InChI=1S/C14H31N3/c1-5-14(4,17(6-2)7-3)13(16-15)11-10-12-8-9-12/h12-13,16H,5-11,15H2,1-4H3. The summed E-state index contributed by atoms with van der Waals surface area (Å²) >= 11 is 0. The molecule has 1 aliphatic carbocycles. The topological polar surface area (TPSA) is 41.3 Å². The molecular weight excluding hydrogens is 210 g/mol. The average Bonchev–Trinajstić information content (AvgIpc) is 3.15. The summed E-state index contributed by atoms with van der Waals surface area (Å²) in [5.74, 6) is 6.80. The second-order valence-electron chi connectivity index (χ2n) is 5.62. The van der Waals surface area contributed by atoms with Crippen LogP contribution in [0.3, 0.4) is 0 Å². The van der Waals surface area contributed by atoms with Crippen LogP contribution in [0, 0.1) is 5.92 Å². The molecular formula is C14H31N3. The molecule has 0 saturated heterocycles. The molecule has 1 rings (SSSR count). The Balaban J connectivity index is 2.63. The van der Waals surface area contributed by atoms with Gasteiger partial charge in [0.2, 0.25) is 0 Å². The van der Waals surface area contributed by atoms with Crippen molar-refractivity contribution in [1.82, 2.24) is 10.3 Å². The van der Waals surface area contributed by atoms with E-state index in [1.54, 1.807) is 0 Å². The number of nitrogens with zero attached hydrogens (tertiary/aromatic N) is 1. The zero-order valence-corrected chi connectivity index (χ0v) is 12.1. The third-order valence-corrected chi connectivity index (χ3v) is 4.71. The zero-order valence-electron chi connectivity index (χ0n) is 12.1. The molecule has 1 fully saturated rings. The lowest BCUT2D eigenvalue weighted by Gasteiger charge is -2.45. The van der Waals surface area contributed by atoms with Gasteiger partial charge in [-0.1, -0.05) is 33.6 Å². The van der Waals surface area contributed by atoms with E-state index in [1.165, 1.54) is 25.7 Å². The fourth-order valence-electron chi connectivity index (χ4n) is 3.02. The van der Waals surface area contributed by atoms with Crippen LogP contribution in [-0.2, 0) is 0 Å². The van der Waals surface area contributed by atoms with Gasteiger partial charge in [0.15, 0.2) is 0 Å². The Hall–Kier alpha value is -0.120. The molecule has 0 aromatic rings. The van der Waals surface area contributed by atoms with Gasteiger partial charge in [0.05, 0.1) is 0 Å². The second-order valence-corrected chi connectivity index (χ2v) is 5.62. The largest absolute Gasteiger partial charge is 0.297 e. The third kappa shape index (κ3) is 3.67. The summed E-state index contributed by atoms with van der Waals surface area (Å²) in [4.78, 5) is 2.55. The molecule has 3 nitrogen and oxygen atoms in total. The van der Waals surface area contributed by atoms with Crippen molar-refractivity contribution in [2.24, 2.45) is 11.8 Å². The molecule has 2 atom stereocenters. The van der Waals surface area contributed by atoms with E-state index in [1.807, 2.05) is 0 Å². The van der Waals surface area contributed by atoms with Gasteiger partial charge in [-0.3, -0.25) is 16.2 Å². The summed E-state index contributed by atoms with van der Waals surface area (Å²) in [5, 5.41) is 0. The first kappa shape index (κ1) is 14.9. The Bertz CT molecular complexity index is 212. The molecule has 3 N–H and O–H groups in total. The van der Waals surface area contributed by atoms with Crippen molar-refractivity contribution >= 4 is 0 Å². The molecule has 0 aromatic heterocycles. The number of hydrazine groups is 1. The highest BCUT2D eigenvalue weighted by atomic mass is 15.3. The third-order valence-electron chi connectivity index (χ3n) is 4.71. The maximum Gasteiger partial charge on any atom is 0.0392 e. The minimum absolute atomic E-state index is 0.188. The predicted octanol–water partition coefficient (Wildman–Crippen LogP) is 2.52. The smallest absolute Gasteiger partial charge is 0.0392 e. The predicted molar refractivity (Wildman–Crippen MR) is 74.7 cm³/mol. The van der Waals surface area contributed by atoms with Crippen molar-refractivity contribution in [3.8, 4) is 0 Å². The van der Waals surface area contributed by atoms with Crippen LogP contribution in [-0.4, -0.2) is 29.6 Å². The van der Waals surface area contributed by atoms with Gasteiger partial charge in [-0.25, -0.2) is 0 Å². The van der Waals surface area contributed by atoms with E-state index in [0.717, 1.165) is 25.4 Å². The molecule has 3 heteroatoms. The first-order valence-corrected chi connectivity index (χ1v) is 7.33. The fourth-order valence-corrected chi connectivity index (χ4v) is 3.02. The molecule has 0 bridgehead atoms. The Labute approximate surface area is 107 Å². The lowest BCUT2D eigenvalue weighted by atomic mass is 9.84. The van der Waals surface area contributed by atoms with E-state index in [0.29, 0.717) is 6.04 Å². The normalized spacial score (nSPS) is 21.5. The zero-order chi connectivity index (χ0) is 12.9. The molecule has 2 unspecified atom stereocenters. The molecule has 1 saturated carbocycles. The van der Waals surface area contributed by atoms with E-state index in [4.69, 9.17) is 5.84 Å². The molecule has 1 aliphatic rings. The van der Waals surface area contributed by atoms with E-state index >= 15 is 0 Å². The lowest BCUT2D eigenvalue weighted by molar-refractivity contribution is 0.0653. The second kappa shape index (κ2) is 6.72. The van der Waals surface area contributed by atoms with Crippen LogP contribution in [0.5, 0.6) is 0 Å². The maximum absolute atomic E-state index is 5.81. The van der Waals surface area contributed by atoms with Gasteiger partial charge < -0.3 is 0 Å². The highest BCUT2D eigenvalue weighted by Gasteiger charge is 2.37. The van der Waals surface area contributed by atoms with E-state index < -0.39 is 0 Å². The van der Waals surface area contributed by atoms with Crippen LogP contribution in [0.2, 0.25) is 0 Å². The van der Waals surface area contributed by atoms with Gasteiger partial charge in [0, 0.05) is 11.6 Å². The van der Waals surface area contributed by atoms with Crippen LogP contribution < -0.4 is 11.3 Å². The van der Waals surface area contributed by atoms with E-state index in [2.05, 4.69) is 38.0 Å². The number of hydrogen-bond donors (Lipinski definition) is 2. The summed E-state index contributed by atoms with van der Waals surface area (Å²) in [7, 11) is 0. The SMILES string of the molecule is CCN(CC)C(C)(CC)C(CCC1CC1)NN. The van der Waals surface area contributed by atoms with Gasteiger partial charge in [-0.05, 0) is 45.2 Å². The minimum Gasteiger partial charge on any atom is -0.297 e. The Morgan fingerprint density at radius 3 is 2.24 bits per heavy atom. The number of likely N-dealkylation sites (N-methyl/N-ethyl adjacent to an activating group) is 1. The van der Waals surface area contributed by atoms with Crippen LogP contribution in [0.1, 0.15) is 59.8 Å². The number of nitrogens with one attached hydrogen (secondary N) is 1. The first-order valence-electron chi connectivity index (χ1n) is 7.33. The molecule has 0 aromatic carbocycles. The molecule has 0 heterocycles. The highest BCUT2D eigenvalue weighted by Crippen LogP contribution is 2.36. The summed E-state index contributed by atoms with van der Waals surface area (Å²) in [6, 6.07) is 0.410. The van der Waals surface area contributed by atoms with Crippen molar-refractivity contribution < 1.29 is 0 Å².